The lowest BCUT2D eigenvalue weighted by molar-refractivity contribution is 0.261. The predicted molar refractivity (Wildman–Crippen MR) is 76.4 cm³/mol. The molecule has 0 aliphatic heterocycles. The van der Waals surface area contributed by atoms with Gasteiger partial charge in [0.05, 0.1) is 11.6 Å². The standard InChI is InChI=1S/C15H22ClNO/c1-2-17-14-8-5-6-12(14)10-11-18-15-9-4-3-7-13(15)16/h3-4,7,9,12,14,17H,2,5-6,8,10-11H2,1H3. The minimum Gasteiger partial charge on any atom is -0.492 e. The van der Waals surface area contributed by atoms with Gasteiger partial charge >= 0.3 is 0 Å². The molecule has 2 nitrogen and oxygen atoms in total. The van der Waals surface area contributed by atoms with E-state index in [0.717, 1.165) is 31.2 Å². The molecular formula is C15H22ClNO. The van der Waals surface area contributed by atoms with Gasteiger partial charge in [-0.05, 0) is 43.9 Å². The van der Waals surface area contributed by atoms with Crippen molar-refractivity contribution in [2.24, 2.45) is 5.92 Å². The summed E-state index contributed by atoms with van der Waals surface area (Å²) < 4.78 is 5.77. The van der Waals surface area contributed by atoms with E-state index in [-0.39, 0.29) is 0 Å². The van der Waals surface area contributed by atoms with Gasteiger partial charge in [0.2, 0.25) is 0 Å². The lowest BCUT2D eigenvalue weighted by Crippen LogP contribution is -2.32. The SMILES string of the molecule is CCNC1CCCC1CCOc1ccccc1Cl. The topological polar surface area (TPSA) is 21.3 Å². The first-order valence-corrected chi connectivity index (χ1v) is 7.29. The highest BCUT2D eigenvalue weighted by molar-refractivity contribution is 6.32. The number of nitrogens with one attached hydrogen (secondary N) is 1. The van der Waals surface area contributed by atoms with Crippen molar-refractivity contribution in [3.8, 4) is 5.75 Å². The second-order valence-corrected chi connectivity index (χ2v) is 5.33. The van der Waals surface area contributed by atoms with Gasteiger partial charge in [-0.25, -0.2) is 0 Å². The molecule has 1 aliphatic rings. The molecule has 0 heterocycles. The molecule has 1 fully saturated rings. The van der Waals surface area contributed by atoms with E-state index in [1.165, 1.54) is 19.3 Å². The number of rotatable bonds is 6. The van der Waals surface area contributed by atoms with Crippen LogP contribution < -0.4 is 10.1 Å². The number of para-hydroxylation sites is 1. The highest BCUT2D eigenvalue weighted by Crippen LogP contribution is 2.29. The molecule has 0 spiro atoms. The molecule has 2 atom stereocenters. The van der Waals surface area contributed by atoms with Crippen molar-refractivity contribution in [2.45, 2.75) is 38.6 Å². The van der Waals surface area contributed by atoms with Crippen LogP contribution in [-0.2, 0) is 0 Å². The summed E-state index contributed by atoms with van der Waals surface area (Å²) in [5, 5.41) is 4.27. The van der Waals surface area contributed by atoms with Gasteiger partial charge in [0.15, 0.2) is 0 Å². The maximum absolute atomic E-state index is 6.06. The summed E-state index contributed by atoms with van der Waals surface area (Å²) in [7, 11) is 0. The minimum atomic E-state index is 0.685. The Morgan fingerprint density at radius 3 is 2.94 bits per heavy atom. The van der Waals surface area contributed by atoms with Crippen molar-refractivity contribution in [2.75, 3.05) is 13.2 Å². The Hall–Kier alpha value is -0.730. The Labute approximate surface area is 115 Å². The van der Waals surface area contributed by atoms with Crippen LogP contribution in [0, 0.1) is 5.92 Å². The van der Waals surface area contributed by atoms with Crippen molar-refractivity contribution in [3.05, 3.63) is 29.3 Å². The van der Waals surface area contributed by atoms with E-state index in [1.807, 2.05) is 24.3 Å². The highest BCUT2D eigenvalue weighted by atomic mass is 35.5. The lowest BCUT2D eigenvalue weighted by Gasteiger charge is -2.20. The quantitative estimate of drug-likeness (QED) is 0.844. The zero-order valence-corrected chi connectivity index (χ0v) is 11.7. The highest BCUT2D eigenvalue weighted by Gasteiger charge is 2.25. The molecule has 0 amide bonds. The van der Waals surface area contributed by atoms with Gasteiger partial charge in [0.25, 0.3) is 0 Å². The van der Waals surface area contributed by atoms with E-state index in [9.17, 15) is 0 Å². The van der Waals surface area contributed by atoms with Crippen LogP contribution in [0.3, 0.4) is 0 Å². The molecule has 1 N–H and O–H groups in total. The largest absolute Gasteiger partial charge is 0.492 e. The zero-order chi connectivity index (χ0) is 12.8. The lowest BCUT2D eigenvalue weighted by atomic mass is 10.00. The average molecular weight is 268 g/mol. The Balaban J connectivity index is 1.76. The van der Waals surface area contributed by atoms with Crippen LogP contribution in [-0.4, -0.2) is 19.2 Å². The molecule has 0 radical (unpaired) electrons. The fraction of sp³-hybridized carbons (Fsp3) is 0.600. The smallest absolute Gasteiger partial charge is 0.137 e. The van der Waals surface area contributed by atoms with E-state index in [4.69, 9.17) is 16.3 Å². The fourth-order valence-corrected chi connectivity index (χ4v) is 2.99. The van der Waals surface area contributed by atoms with Crippen LogP contribution in [0.15, 0.2) is 24.3 Å². The van der Waals surface area contributed by atoms with Crippen LogP contribution in [0.1, 0.15) is 32.6 Å². The molecule has 0 aromatic heterocycles. The van der Waals surface area contributed by atoms with Crippen molar-refractivity contribution in [3.63, 3.8) is 0 Å². The van der Waals surface area contributed by atoms with Crippen molar-refractivity contribution < 1.29 is 4.74 Å². The molecule has 1 aromatic carbocycles. The van der Waals surface area contributed by atoms with E-state index < -0.39 is 0 Å². The third-order valence-corrected chi connectivity index (χ3v) is 4.02. The van der Waals surface area contributed by atoms with E-state index in [2.05, 4.69) is 12.2 Å². The summed E-state index contributed by atoms with van der Waals surface area (Å²) in [5.74, 6) is 1.56. The summed E-state index contributed by atoms with van der Waals surface area (Å²) in [6.45, 7) is 4.00. The summed E-state index contributed by atoms with van der Waals surface area (Å²) >= 11 is 6.06. The zero-order valence-electron chi connectivity index (χ0n) is 11.0. The Kier molecular flexibility index (Phi) is 5.33. The number of halogens is 1. The second-order valence-electron chi connectivity index (χ2n) is 4.92. The van der Waals surface area contributed by atoms with Gasteiger partial charge in [-0.3, -0.25) is 0 Å². The summed E-state index contributed by atoms with van der Waals surface area (Å²) in [4.78, 5) is 0. The monoisotopic (exact) mass is 267 g/mol. The van der Waals surface area contributed by atoms with Gasteiger partial charge < -0.3 is 10.1 Å². The Bertz CT molecular complexity index is 369. The number of hydrogen-bond donors (Lipinski definition) is 1. The van der Waals surface area contributed by atoms with Crippen LogP contribution in [0.5, 0.6) is 5.75 Å². The molecule has 3 heteroatoms. The maximum Gasteiger partial charge on any atom is 0.137 e. The molecule has 18 heavy (non-hydrogen) atoms. The van der Waals surface area contributed by atoms with Crippen molar-refractivity contribution >= 4 is 11.6 Å². The molecular weight excluding hydrogens is 246 g/mol. The first-order chi connectivity index (χ1) is 8.81. The van der Waals surface area contributed by atoms with Crippen LogP contribution >= 0.6 is 11.6 Å². The molecule has 1 aliphatic carbocycles. The van der Waals surface area contributed by atoms with Gasteiger partial charge in [-0.1, -0.05) is 37.1 Å². The van der Waals surface area contributed by atoms with Gasteiger partial charge in [0, 0.05) is 6.04 Å². The van der Waals surface area contributed by atoms with Gasteiger partial charge in [-0.2, -0.15) is 0 Å². The van der Waals surface area contributed by atoms with Crippen LogP contribution in [0.4, 0.5) is 0 Å². The Morgan fingerprint density at radius 1 is 1.33 bits per heavy atom. The molecule has 2 unspecified atom stereocenters. The normalized spacial score (nSPS) is 23.2. The van der Waals surface area contributed by atoms with Crippen LogP contribution in [0.25, 0.3) is 0 Å². The molecule has 1 aromatic rings. The van der Waals surface area contributed by atoms with Crippen molar-refractivity contribution in [1.29, 1.82) is 0 Å². The Morgan fingerprint density at radius 2 is 2.17 bits per heavy atom. The third-order valence-electron chi connectivity index (χ3n) is 3.71. The number of benzene rings is 1. The van der Waals surface area contributed by atoms with Gasteiger partial charge in [0.1, 0.15) is 5.75 Å². The first-order valence-electron chi connectivity index (χ1n) is 6.92. The third kappa shape index (κ3) is 3.63. The average Bonchev–Trinajstić information content (AvgIpc) is 2.80. The summed E-state index contributed by atoms with van der Waals surface area (Å²) in [6.07, 6.45) is 5.09. The second kappa shape index (κ2) is 7.01. The fourth-order valence-electron chi connectivity index (χ4n) is 2.80. The molecule has 0 saturated heterocycles. The number of ether oxygens (including phenoxy) is 1. The first kappa shape index (κ1) is 13.7. The number of hydrogen-bond acceptors (Lipinski definition) is 2. The van der Waals surface area contributed by atoms with E-state index in [1.54, 1.807) is 0 Å². The predicted octanol–water partition coefficient (Wildman–Crippen LogP) is 3.89. The molecule has 1 saturated carbocycles. The molecule has 0 bridgehead atoms. The maximum atomic E-state index is 6.06. The minimum absolute atomic E-state index is 0.685. The van der Waals surface area contributed by atoms with E-state index >= 15 is 0 Å². The van der Waals surface area contributed by atoms with Gasteiger partial charge in [-0.15, -0.1) is 0 Å². The summed E-state index contributed by atoms with van der Waals surface area (Å²) in [6, 6.07) is 8.36. The van der Waals surface area contributed by atoms with Crippen LogP contribution in [0.2, 0.25) is 5.02 Å². The molecule has 2 rings (SSSR count). The van der Waals surface area contributed by atoms with Crippen molar-refractivity contribution in [1.82, 2.24) is 5.32 Å². The summed E-state index contributed by atoms with van der Waals surface area (Å²) in [5.41, 5.74) is 0. The van der Waals surface area contributed by atoms with E-state index in [0.29, 0.717) is 11.1 Å². The molecule has 100 valence electrons.